The van der Waals surface area contributed by atoms with E-state index in [2.05, 4.69) is 12.2 Å². The second-order valence-corrected chi connectivity index (χ2v) is 4.64. The summed E-state index contributed by atoms with van der Waals surface area (Å²) in [6, 6.07) is 1.70. The molecule has 4 nitrogen and oxygen atoms in total. The van der Waals surface area contributed by atoms with Crippen LogP contribution in [0.4, 0.5) is 0 Å². The van der Waals surface area contributed by atoms with Gasteiger partial charge in [-0.25, -0.2) is 0 Å². The third-order valence-corrected chi connectivity index (χ3v) is 2.94. The van der Waals surface area contributed by atoms with Crippen molar-refractivity contribution in [2.75, 3.05) is 6.54 Å². The summed E-state index contributed by atoms with van der Waals surface area (Å²) in [6.45, 7) is 2.58. The minimum atomic E-state index is -0.119. The zero-order chi connectivity index (χ0) is 12.8. The molecule has 3 N–H and O–H groups in total. The summed E-state index contributed by atoms with van der Waals surface area (Å²) in [5.41, 5.74) is 6.20. The average molecular weight is 294 g/mol. The van der Waals surface area contributed by atoms with Crippen molar-refractivity contribution in [2.45, 2.75) is 32.2 Å². The molecule has 0 fully saturated rings. The van der Waals surface area contributed by atoms with E-state index in [0.717, 1.165) is 19.3 Å². The van der Waals surface area contributed by atoms with Gasteiger partial charge in [-0.3, -0.25) is 4.79 Å². The van der Waals surface area contributed by atoms with Gasteiger partial charge in [0.15, 0.2) is 0 Å². The van der Waals surface area contributed by atoms with Gasteiger partial charge in [-0.15, -0.1) is 12.4 Å². The molecule has 1 aromatic heterocycles. The van der Waals surface area contributed by atoms with Crippen LogP contribution in [0.5, 0.6) is 0 Å². The molecule has 0 aliphatic rings. The Balaban J connectivity index is 0.00000289. The van der Waals surface area contributed by atoms with E-state index >= 15 is 0 Å². The Kier molecular flexibility index (Phi) is 8.07. The molecular formula is C12H21Cl2N3O. The lowest BCUT2D eigenvalue weighted by atomic mass is 10.1. The van der Waals surface area contributed by atoms with Gasteiger partial charge in [0.2, 0.25) is 0 Å². The molecule has 1 aromatic rings. The molecule has 1 rings (SSSR count). The van der Waals surface area contributed by atoms with Crippen molar-refractivity contribution >= 4 is 29.9 Å². The van der Waals surface area contributed by atoms with Gasteiger partial charge in [0.05, 0.1) is 5.02 Å². The summed E-state index contributed by atoms with van der Waals surface area (Å²) in [4.78, 5) is 12.0. The minimum absolute atomic E-state index is 0. The van der Waals surface area contributed by atoms with Gasteiger partial charge in [0.1, 0.15) is 5.69 Å². The molecule has 1 unspecified atom stereocenters. The van der Waals surface area contributed by atoms with Crippen molar-refractivity contribution in [2.24, 2.45) is 12.8 Å². The molecule has 0 aromatic carbocycles. The fourth-order valence-electron chi connectivity index (χ4n) is 1.71. The smallest absolute Gasteiger partial charge is 0.268 e. The van der Waals surface area contributed by atoms with Gasteiger partial charge in [-0.2, -0.15) is 0 Å². The molecule has 0 spiro atoms. The maximum Gasteiger partial charge on any atom is 0.268 e. The van der Waals surface area contributed by atoms with E-state index in [0.29, 0.717) is 17.3 Å². The predicted molar refractivity (Wildman–Crippen MR) is 77.5 cm³/mol. The molecule has 0 aliphatic heterocycles. The Morgan fingerprint density at radius 3 is 2.72 bits per heavy atom. The largest absolute Gasteiger partial charge is 0.347 e. The third kappa shape index (κ3) is 4.88. The number of carbonyl (C=O) groups excluding carboxylic acids is 1. The summed E-state index contributed by atoms with van der Waals surface area (Å²) in [5, 5.41) is 3.49. The van der Waals surface area contributed by atoms with E-state index < -0.39 is 0 Å². The summed E-state index contributed by atoms with van der Waals surface area (Å²) in [5.74, 6) is -0.119. The lowest BCUT2D eigenvalue weighted by molar-refractivity contribution is 0.0927. The van der Waals surface area contributed by atoms with Crippen LogP contribution in [-0.4, -0.2) is 23.1 Å². The molecule has 0 saturated carbocycles. The van der Waals surface area contributed by atoms with Crippen LogP contribution < -0.4 is 11.1 Å². The molecule has 1 heterocycles. The van der Waals surface area contributed by atoms with Gasteiger partial charge in [0.25, 0.3) is 5.91 Å². The number of nitrogens with two attached hydrogens (primary N) is 1. The second-order valence-electron chi connectivity index (χ2n) is 4.20. The molecule has 1 amide bonds. The number of halogens is 2. The number of aromatic nitrogens is 1. The molecule has 104 valence electrons. The number of amides is 1. The first-order valence-electron chi connectivity index (χ1n) is 5.91. The second kappa shape index (κ2) is 8.40. The zero-order valence-corrected chi connectivity index (χ0v) is 12.4. The van der Waals surface area contributed by atoms with Crippen molar-refractivity contribution in [3.05, 3.63) is 23.0 Å². The maximum absolute atomic E-state index is 12.0. The highest BCUT2D eigenvalue weighted by Crippen LogP contribution is 2.13. The van der Waals surface area contributed by atoms with Crippen LogP contribution in [0.1, 0.15) is 36.7 Å². The Morgan fingerprint density at radius 1 is 1.61 bits per heavy atom. The van der Waals surface area contributed by atoms with E-state index in [1.165, 1.54) is 0 Å². The molecule has 1 atom stereocenters. The minimum Gasteiger partial charge on any atom is -0.347 e. The van der Waals surface area contributed by atoms with Crippen LogP contribution in [-0.2, 0) is 7.05 Å². The number of unbranched alkanes of at least 4 members (excludes halogenated alkanes) is 1. The number of nitrogens with one attached hydrogen (secondary N) is 1. The Morgan fingerprint density at radius 2 is 2.28 bits per heavy atom. The lowest BCUT2D eigenvalue weighted by Gasteiger charge is -2.16. The van der Waals surface area contributed by atoms with Crippen molar-refractivity contribution in [3.8, 4) is 0 Å². The van der Waals surface area contributed by atoms with Gasteiger partial charge in [-0.05, 0) is 12.5 Å². The SMILES string of the molecule is CCCCC(CN)NC(=O)c1cc(Cl)cn1C.Cl. The maximum atomic E-state index is 12.0. The van der Waals surface area contributed by atoms with E-state index in [9.17, 15) is 4.79 Å². The van der Waals surface area contributed by atoms with E-state index in [-0.39, 0.29) is 24.4 Å². The lowest BCUT2D eigenvalue weighted by Crippen LogP contribution is -2.40. The number of aryl methyl sites for hydroxylation is 1. The van der Waals surface area contributed by atoms with Gasteiger partial charge in [-0.1, -0.05) is 31.4 Å². The molecule has 0 aliphatic carbocycles. The van der Waals surface area contributed by atoms with Crippen molar-refractivity contribution in [3.63, 3.8) is 0 Å². The fraction of sp³-hybridized carbons (Fsp3) is 0.583. The molecule has 0 bridgehead atoms. The van der Waals surface area contributed by atoms with Crippen LogP contribution in [0, 0.1) is 0 Å². The zero-order valence-electron chi connectivity index (χ0n) is 10.8. The van der Waals surface area contributed by atoms with Crippen molar-refractivity contribution < 1.29 is 4.79 Å². The van der Waals surface area contributed by atoms with E-state index in [4.69, 9.17) is 17.3 Å². The highest BCUT2D eigenvalue weighted by Gasteiger charge is 2.15. The highest BCUT2D eigenvalue weighted by atomic mass is 35.5. The first-order valence-corrected chi connectivity index (χ1v) is 6.29. The number of hydrogen-bond acceptors (Lipinski definition) is 2. The number of carbonyl (C=O) groups is 1. The Hall–Kier alpha value is -0.710. The van der Waals surface area contributed by atoms with Crippen molar-refractivity contribution in [1.82, 2.24) is 9.88 Å². The summed E-state index contributed by atoms with van der Waals surface area (Å²) < 4.78 is 1.71. The molecule has 0 saturated heterocycles. The van der Waals surface area contributed by atoms with E-state index in [1.807, 2.05) is 0 Å². The molecule has 0 radical (unpaired) electrons. The summed E-state index contributed by atoms with van der Waals surface area (Å²) >= 11 is 5.84. The monoisotopic (exact) mass is 293 g/mol. The number of hydrogen-bond donors (Lipinski definition) is 2. The normalized spacial score (nSPS) is 11.8. The van der Waals surface area contributed by atoms with Gasteiger partial charge < -0.3 is 15.6 Å². The predicted octanol–water partition coefficient (Wildman–Crippen LogP) is 2.35. The summed E-state index contributed by atoms with van der Waals surface area (Å²) in [6.07, 6.45) is 4.79. The van der Waals surface area contributed by atoms with Crippen LogP contribution >= 0.6 is 24.0 Å². The van der Waals surface area contributed by atoms with E-state index in [1.54, 1.807) is 23.9 Å². The quantitative estimate of drug-likeness (QED) is 0.846. The van der Waals surface area contributed by atoms with Crippen LogP contribution in [0.2, 0.25) is 5.02 Å². The van der Waals surface area contributed by atoms with Gasteiger partial charge in [0, 0.05) is 25.8 Å². The topological polar surface area (TPSA) is 60.0 Å². The Bertz CT molecular complexity index is 379. The first-order chi connectivity index (χ1) is 8.08. The highest BCUT2D eigenvalue weighted by molar-refractivity contribution is 6.31. The average Bonchev–Trinajstić information content (AvgIpc) is 2.63. The Labute approximate surface area is 119 Å². The number of nitrogens with zero attached hydrogens (tertiary/aromatic N) is 1. The summed E-state index contributed by atoms with van der Waals surface area (Å²) in [7, 11) is 1.80. The molecular weight excluding hydrogens is 273 g/mol. The van der Waals surface area contributed by atoms with Crippen LogP contribution in [0.25, 0.3) is 0 Å². The molecule has 6 heteroatoms. The van der Waals surface area contributed by atoms with Gasteiger partial charge >= 0.3 is 0 Å². The van der Waals surface area contributed by atoms with Crippen LogP contribution in [0.15, 0.2) is 12.3 Å². The first kappa shape index (κ1) is 17.3. The third-order valence-electron chi connectivity index (χ3n) is 2.73. The standard InChI is InChI=1S/C12H20ClN3O.ClH/c1-3-4-5-10(7-14)15-12(17)11-6-9(13)8-16(11)2;/h6,8,10H,3-5,7,14H2,1-2H3,(H,15,17);1H. The molecule has 18 heavy (non-hydrogen) atoms. The van der Waals surface area contributed by atoms with Crippen molar-refractivity contribution in [1.29, 1.82) is 0 Å². The number of rotatable bonds is 6. The fourth-order valence-corrected chi connectivity index (χ4v) is 1.96. The van der Waals surface area contributed by atoms with Crippen LogP contribution in [0.3, 0.4) is 0 Å².